The molecule has 0 aliphatic rings. The number of thiol groups is 1. The third-order valence-electron chi connectivity index (χ3n) is 1.11. The third kappa shape index (κ3) is 2.62. The van der Waals surface area contributed by atoms with Crippen molar-refractivity contribution in [3.05, 3.63) is 30.6 Å². The van der Waals surface area contributed by atoms with E-state index in [0.29, 0.717) is 0 Å². The van der Waals surface area contributed by atoms with Crippen LogP contribution in [0.15, 0.2) is 30.6 Å². The van der Waals surface area contributed by atoms with Gasteiger partial charge in [-0.3, -0.25) is 0 Å². The first-order valence-corrected chi connectivity index (χ1v) is 4.85. The van der Waals surface area contributed by atoms with Gasteiger partial charge in [0, 0.05) is 17.2 Å². The molecule has 1 nitrogen and oxygen atoms in total. The SMILES string of the molecule is SCSC[n+]1ccccc1. The lowest BCUT2D eigenvalue weighted by Gasteiger charge is -1.91. The lowest BCUT2D eigenvalue weighted by molar-refractivity contribution is -0.675. The van der Waals surface area contributed by atoms with Crippen LogP contribution in [0.25, 0.3) is 0 Å². The first-order chi connectivity index (χ1) is 4.93. The maximum Gasteiger partial charge on any atom is 0.195 e. The van der Waals surface area contributed by atoms with Crippen LogP contribution in [-0.4, -0.2) is 5.08 Å². The van der Waals surface area contributed by atoms with E-state index in [4.69, 9.17) is 0 Å². The molecule has 10 heavy (non-hydrogen) atoms. The highest BCUT2D eigenvalue weighted by atomic mass is 32.2. The summed E-state index contributed by atoms with van der Waals surface area (Å²) in [5.74, 6) is 0.990. The highest BCUT2D eigenvalue weighted by Crippen LogP contribution is 1.99. The lowest BCUT2D eigenvalue weighted by Crippen LogP contribution is -2.30. The van der Waals surface area contributed by atoms with Gasteiger partial charge in [0.05, 0.1) is 0 Å². The van der Waals surface area contributed by atoms with E-state index in [9.17, 15) is 0 Å². The fraction of sp³-hybridized carbons (Fsp3) is 0.286. The summed E-state index contributed by atoms with van der Waals surface area (Å²) in [7, 11) is 0. The molecule has 0 aliphatic carbocycles. The zero-order chi connectivity index (χ0) is 7.23. The molecule has 1 aromatic heterocycles. The van der Waals surface area contributed by atoms with E-state index >= 15 is 0 Å². The van der Waals surface area contributed by atoms with Crippen molar-refractivity contribution in [1.82, 2.24) is 0 Å². The van der Waals surface area contributed by atoms with Gasteiger partial charge in [0.15, 0.2) is 18.3 Å². The molecule has 0 bridgehead atoms. The Morgan fingerprint density at radius 1 is 1.20 bits per heavy atom. The zero-order valence-corrected chi connectivity index (χ0v) is 7.31. The summed E-state index contributed by atoms with van der Waals surface area (Å²) in [5.41, 5.74) is 0. The number of pyridine rings is 1. The maximum atomic E-state index is 4.10. The zero-order valence-electron chi connectivity index (χ0n) is 5.60. The molecule has 0 spiro atoms. The number of hydrogen-bond acceptors (Lipinski definition) is 2. The van der Waals surface area contributed by atoms with Gasteiger partial charge in [-0.2, -0.15) is 17.2 Å². The van der Waals surface area contributed by atoms with E-state index in [-0.39, 0.29) is 0 Å². The molecule has 0 fully saturated rings. The quantitative estimate of drug-likeness (QED) is 0.411. The van der Waals surface area contributed by atoms with E-state index in [1.54, 1.807) is 11.8 Å². The van der Waals surface area contributed by atoms with Crippen molar-refractivity contribution in [3.8, 4) is 0 Å². The van der Waals surface area contributed by atoms with Crippen molar-refractivity contribution >= 4 is 24.4 Å². The minimum absolute atomic E-state index is 0.877. The van der Waals surface area contributed by atoms with Crippen LogP contribution in [0.1, 0.15) is 0 Å². The lowest BCUT2D eigenvalue weighted by atomic mass is 10.5. The van der Waals surface area contributed by atoms with Crippen molar-refractivity contribution in [3.63, 3.8) is 0 Å². The van der Waals surface area contributed by atoms with Crippen LogP contribution in [0.2, 0.25) is 0 Å². The fourth-order valence-electron chi connectivity index (χ4n) is 0.667. The number of aromatic nitrogens is 1. The monoisotopic (exact) mass is 172 g/mol. The minimum Gasteiger partial charge on any atom is -0.195 e. The van der Waals surface area contributed by atoms with Gasteiger partial charge in [-0.05, 0) is 0 Å². The second-order valence-corrected chi connectivity index (χ2v) is 3.55. The molecule has 1 heterocycles. The molecule has 0 N–H and O–H groups in total. The van der Waals surface area contributed by atoms with Gasteiger partial charge >= 0.3 is 0 Å². The van der Waals surface area contributed by atoms with Crippen LogP contribution in [-0.2, 0) is 5.88 Å². The van der Waals surface area contributed by atoms with E-state index < -0.39 is 0 Å². The predicted molar refractivity (Wildman–Crippen MR) is 48.1 cm³/mol. The van der Waals surface area contributed by atoms with E-state index in [0.717, 1.165) is 11.0 Å². The first-order valence-electron chi connectivity index (χ1n) is 3.06. The van der Waals surface area contributed by atoms with Crippen molar-refractivity contribution < 1.29 is 4.57 Å². The highest BCUT2D eigenvalue weighted by Gasteiger charge is 1.93. The van der Waals surface area contributed by atoms with Gasteiger partial charge in [-0.1, -0.05) is 17.8 Å². The van der Waals surface area contributed by atoms with Crippen LogP contribution in [0.3, 0.4) is 0 Å². The molecule has 3 heteroatoms. The molecule has 0 aromatic carbocycles. The largest absolute Gasteiger partial charge is 0.195 e. The number of rotatable bonds is 3. The van der Waals surface area contributed by atoms with Gasteiger partial charge < -0.3 is 0 Å². The van der Waals surface area contributed by atoms with E-state index in [2.05, 4.69) is 29.6 Å². The third-order valence-corrected chi connectivity index (χ3v) is 2.32. The minimum atomic E-state index is 0.877. The Morgan fingerprint density at radius 2 is 1.90 bits per heavy atom. The van der Waals surface area contributed by atoms with Crippen LogP contribution >= 0.6 is 24.4 Å². The highest BCUT2D eigenvalue weighted by molar-refractivity contribution is 8.08. The number of thioether (sulfide) groups is 1. The standard InChI is InChI=1S/C7H9NS2/c9-7-10-6-8-4-2-1-3-5-8/h1-5H,6-7H2/p+1. The Kier molecular flexibility index (Phi) is 3.68. The van der Waals surface area contributed by atoms with Crippen molar-refractivity contribution in [2.45, 2.75) is 5.88 Å². The molecule has 1 rings (SSSR count). The molecule has 0 atom stereocenters. The topological polar surface area (TPSA) is 3.88 Å². The van der Waals surface area contributed by atoms with Crippen LogP contribution < -0.4 is 4.57 Å². The molecule has 0 radical (unpaired) electrons. The molecule has 0 saturated heterocycles. The fourth-order valence-corrected chi connectivity index (χ4v) is 1.38. The average Bonchev–Trinajstić information content (AvgIpc) is 2.03. The van der Waals surface area contributed by atoms with Gasteiger partial charge in [-0.15, -0.1) is 0 Å². The summed E-state index contributed by atoms with van der Waals surface area (Å²) in [6, 6.07) is 6.07. The molecule has 0 unspecified atom stereocenters. The summed E-state index contributed by atoms with van der Waals surface area (Å²) in [4.78, 5) is 0. The molecule has 1 aromatic rings. The Balaban J connectivity index is 2.43. The van der Waals surface area contributed by atoms with Crippen LogP contribution in [0.5, 0.6) is 0 Å². The first kappa shape index (κ1) is 7.95. The smallest absolute Gasteiger partial charge is 0.195 e. The Bertz CT molecular complexity index is 176. The maximum absolute atomic E-state index is 4.10. The molecule has 0 saturated carbocycles. The van der Waals surface area contributed by atoms with Gasteiger partial charge in [0.1, 0.15) is 0 Å². The van der Waals surface area contributed by atoms with Crippen LogP contribution in [0, 0.1) is 0 Å². The van der Waals surface area contributed by atoms with Crippen LogP contribution in [0.4, 0.5) is 0 Å². The second kappa shape index (κ2) is 4.63. The molecular formula is C7H10NS2+. The van der Waals surface area contributed by atoms with E-state index in [1.165, 1.54) is 0 Å². The van der Waals surface area contributed by atoms with Crippen molar-refractivity contribution in [2.75, 3.05) is 5.08 Å². The average molecular weight is 172 g/mol. The van der Waals surface area contributed by atoms with Gasteiger partial charge in [-0.25, -0.2) is 0 Å². The van der Waals surface area contributed by atoms with Crippen molar-refractivity contribution in [2.24, 2.45) is 0 Å². The predicted octanol–water partition coefficient (Wildman–Crippen LogP) is 1.55. The number of nitrogens with zero attached hydrogens (tertiary/aromatic N) is 1. The molecule has 0 amide bonds. The van der Waals surface area contributed by atoms with Gasteiger partial charge in [0.25, 0.3) is 0 Å². The summed E-state index contributed by atoms with van der Waals surface area (Å²) >= 11 is 5.89. The van der Waals surface area contributed by atoms with Gasteiger partial charge in [0.2, 0.25) is 0 Å². The molecular weight excluding hydrogens is 162 g/mol. The Morgan fingerprint density at radius 3 is 2.50 bits per heavy atom. The van der Waals surface area contributed by atoms with Crippen molar-refractivity contribution in [1.29, 1.82) is 0 Å². The summed E-state index contributed by atoms with van der Waals surface area (Å²) in [5, 5.41) is 0.877. The number of hydrogen-bond donors (Lipinski definition) is 1. The summed E-state index contributed by atoms with van der Waals surface area (Å²) in [6.45, 7) is 0. The normalized spacial score (nSPS) is 9.70. The summed E-state index contributed by atoms with van der Waals surface area (Å²) in [6.07, 6.45) is 4.10. The van der Waals surface area contributed by atoms with E-state index in [1.807, 2.05) is 18.2 Å². The summed E-state index contributed by atoms with van der Waals surface area (Å²) < 4.78 is 2.13. The Labute approximate surface area is 70.9 Å². The second-order valence-electron chi connectivity index (χ2n) is 1.85. The molecule has 0 aliphatic heterocycles. The Hall–Kier alpha value is -0.150. The molecule has 54 valence electrons.